The summed E-state index contributed by atoms with van der Waals surface area (Å²) in [5.74, 6) is 1.05. The summed E-state index contributed by atoms with van der Waals surface area (Å²) in [6.45, 7) is 7.21. The lowest BCUT2D eigenvalue weighted by atomic mass is 10.3. The van der Waals surface area contributed by atoms with Crippen LogP contribution in [-0.2, 0) is 0 Å². The predicted octanol–water partition coefficient (Wildman–Crippen LogP) is 2.20. The van der Waals surface area contributed by atoms with Crippen molar-refractivity contribution in [2.24, 2.45) is 10.7 Å². The van der Waals surface area contributed by atoms with Gasteiger partial charge in [-0.3, -0.25) is 0 Å². The number of nitrogens with two attached hydrogens (primary N) is 1. The quantitative estimate of drug-likeness (QED) is 0.360. The number of hydrogen-bond acceptors (Lipinski definition) is 2. The molecule has 1 aromatic carbocycles. The summed E-state index contributed by atoms with van der Waals surface area (Å²) in [5.41, 5.74) is 6.61. The molecule has 1 rings (SSSR count). The highest BCUT2D eigenvalue weighted by atomic mass is 35.5. The van der Waals surface area contributed by atoms with Gasteiger partial charge in [-0.2, -0.15) is 0 Å². The van der Waals surface area contributed by atoms with Crippen molar-refractivity contribution >= 4 is 17.6 Å². The minimum atomic E-state index is 0.390. The number of ether oxygens (including phenoxy) is 1. The van der Waals surface area contributed by atoms with Gasteiger partial charge in [-0.1, -0.05) is 35.9 Å². The highest BCUT2D eigenvalue weighted by Crippen LogP contribution is 2.22. The summed E-state index contributed by atoms with van der Waals surface area (Å²) < 4.78 is 5.49. The smallest absolute Gasteiger partial charge is 0.189 e. The van der Waals surface area contributed by atoms with Crippen LogP contribution in [0.15, 0.2) is 41.4 Å². The second-order valence-corrected chi connectivity index (χ2v) is 4.27. The van der Waals surface area contributed by atoms with Crippen LogP contribution >= 0.6 is 11.6 Å². The van der Waals surface area contributed by atoms with Crippen LogP contribution < -0.4 is 15.8 Å². The fourth-order valence-electron chi connectivity index (χ4n) is 1.18. The van der Waals surface area contributed by atoms with Crippen LogP contribution in [0.4, 0.5) is 0 Å². The Balaban J connectivity index is 2.25. The lowest BCUT2D eigenvalue weighted by Gasteiger charge is -2.09. The van der Waals surface area contributed by atoms with Crippen LogP contribution in [0.3, 0.4) is 0 Å². The Morgan fingerprint density at radius 1 is 1.50 bits per heavy atom. The number of guanidine groups is 1. The molecule has 0 bridgehead atoms. The van der Waals surface area contributed by atoms with Gasteiger partial charge >= 0.3 is 0 Å². The van der Waals surface area contributed by atoms with E-state index in [9.17, 15) is 0 Å². The molecule has 0 fully saturated rings. The maximum absolute atomic E-state index is 5.95. The standard InChI is InChI=1S/C13H18ClN3O/c1-10(2)9-17-13(15)16-7-8-18-12-6-4-3-5-11(12)14/h3-6H,1,7-9H2,2H3,(H3,15,16,17). The highest BCUT2D eigenvalue weighted by molar-refractivity contribution is 6.32. The zero-order valence-corrected chi connectivity index (χ0v) is 11.2. The largest absolute Gasteiger partial charge is 0.490 e. The van der Waals surface area contributed by atoms with Crippen LogP contribution in [0.5, 0.6) is 5.75 Å². The number of hydrogen-bond donors (Lipinski definition) is 2. The van der Waals surface area contributed by atoms with Crippen molar-refractivity contribution in [2.45, 2.75) is 6.92 Å². The Labute approximate surface area is 112 Å². The summed E-state index contributed by atoms with van der Waals surface area (Å²) in [6.07, 6.45) is 0. The van der Waals surface area contributed by atoms with E-state index in [1.807, 2.05) is 25.1 Å². The molecule has 18 heavy (non-hydrogen) atoms. The van der Waals surface area contributed by atoms with Crippen LogP contribution in [0.2, 0.25) is 5.02 Å². The molecule has 0 aliphatic rings. The Kier molecular flexibility index (Phi) is 6.08. The monoisotopic (exact) mass is 267 g/mol. The Morgan fingerprint density at radius 3 is 2.89 bits per heavy atom. The van der Waals surface area contributed by atoms with Gasteiger partial charge in [0.1, 0.15) is 12.4 Å². The van der Waals surface area contributed by atoms with E-state index >= 15 is 0 Å². The first-order chi connectivity index (χ1) is 8.59. The Bertz CT molecular complexity index is 432. The fraction of sp³-hybridized carbons (Fsp3) is 0.308. The molecule has 0 atom stereocenters. The van der Waals surface area contributed by atoms with Crippen LogP contribution in [0, 0.1) is 0 Å². The normalized spacial score (nSPS) is 11.1. The number of nitrogens with zero attached hydrogens (tertiary/aromatic N) is 1. The molecule has 0 amide bonds. The van der Waals surface area contributed by atoms with Crippen LogP contribution in [0.1, 0.15) is 6.92 Å². The number of aliphatic imine (C=N–C) groups is 1. The molecule has 0 saturated heterocycles. The molecule has 0 radical (unpaired) electrons. The average Bonchev–Trinajstić information content (AvgIpc) is 2.34. The first kappa shape index (κ1) is 14.4. The summed E-state index contributed by atoms with van der Waals surface area (Å²) in [7, 11) is 0. The maximum Gasteiger partial charge on any atom is 0.189 e. The van der Waals surface area contributed by atoms with E-state index in [4.69, 9.17) is 22.1 Å². The van der Waals surface area contributed by atoms with Gasteiger partial charge in [0.2, 0.25) is 0 Å². The van der Waals surface area contributed by atoms with E-state index < -0.39 is 0 Å². The molecular weight excluding hydrogens is 250 g/mol. The number of halogens is 1. The molecule has 0 spiro atoms. The molecule has 0 aliphatic carbocycles. The Morgan fingerprint density at radius 2 is 2.22 bits per heavy atom. The van der Waals surface area contributed by atoms with Crippen molar-refractivity contribution in [1.29, 1.82) is 0 Å². The third-order valence-electron chi connectivity index (χ3n) is 2.02. The zero-order chi connectivity index (χ0) is 13.4. The molecule has 3 N–H and O–H groups in total. The third-order valence-corrected chi connectivity index (χ3v) is 2.33. The molecule has 0 aromatic heterocycles. The second kappa shape index (κ2) is 7.61. The SMILES string of the molecule is C=C(C)CN=C(N)NCCOc1ccccc1Cl. The minimum absolute atomic E-state index is 0.390. The van der Waals surface area contributed by atoms with E-state index in [1.165, 1.54) is 0 Å². The van der Waals surface area contributed by atoms with Gasteiger partial charge in [0.05, 0.1) is 18.1 Å². The molecule has 0 aliphatic heterocycles. The van der Waals surface area contributed by atoms with Gasteiger partial charge in [-0.15, -0.1) is 0 Å². The van der Waals surface area contributed by atoms with Crippen molar-refractivity contribution in [3.63, 3.8) is 0 Å². The molecule has 5 heteroatoms. The lowest BCUT2D eigenvalue weighted by Crippen LogP contribution is -2.34. The first-order valence-corrected chi connectivity index (χ1v) is 6.03. The molecule has 0 heterocycles. The van der Waals surface area contributed by atoms with E-state index in [-0.39, 0.29) is 0 Å². The molecule has 0 unspecified atom stereocenters. The lowest BCUT2D eigenvalue weighted by molar-refractivity contribution is 0.322. The van der Waals surface area contributed by atoms with Crippen molar-refractivity contribution in [2.75, 3.05) is 19.7 Å². The van der Waals surface area contributed by atoms with Crippen molar-refractivity contribution in [3.05, 3.63) is 41.4 Å². The molecule has 4 nitrogen and oxygen atoms in total. The third kappa shape index (κ3) is 5.59. The maximum atomic E-state index is 5.95. The summed E-state index contributed by atoms with van der Waals surface area (Å²) >= 11 is 5.95. The van der Waals surface area contributed by atoms with Gasteiger partial charge in [-0.05, 0) is 19.1 Å². The highest BCUT2D eigenvalue weighted by Gasteiger charge is 1.99. The fourth-order valence-corrected chi connectivity index (χ4v) is 1.37. The molecule has 0 saturated carbocycles. The minimum Gasteiger partial charge on any atom is -0.490 e. The van der Waals surface area contributed by atoms with Crippen LogP contribution in [-0.4, -0.2) is 25.7 Å². The molecule has 98 valence electrons. The Hall–Kier alpha value is -1.68. The van der Waals surface area contributed by atoms with Gasteiger partial charge < -0.3 is 15.8 Å². The molecule has 1 aromatic rings. The molecular formula is C13H18ClN3O. The number of benzene rings is 1. The van der Waals surface area contributed by atoms with Crippen molar-refractivity contribution < 1.29 is 4.74 Å². The number of para-hydroxylation sites is 1. The van der Waals surface area contributed by atoms with E-state index in [2.05, 4.69) is 16.9 Å². The van der Waals surface area contributed by atoms with Crippen molar-refractivity contribution in [1.82, 2.24) is 5.32 Å². The number of nitrogens with one attached hydrogen (secondary N) is 1. The second-order valence-electron chi connectivity index (χ2n) is 3.86. The summed E-state index contributed by atoms with van der Waals surface area (Å²) in [5, 5.41) is 3.54. The van der Waals surface area contributed by atoms with E-state index in [1.54, 1.807) is 6.07 Å². The van der Waals surface area contributed by atoms with Gasteiger partial charge in [-0.25, -0.2) is 4.99 Å². The summed E-state index contributed by atoms with van der Waals surface area (Å²) in [4.78, 5) is 4.09. The number of rotatable bonds is 6. The van der Waals surface area contributed by atoms with Gasteiger partial charge in [0.25, 0.3) is 0 Å². The van der Waals surface area contributed by atoms with E-state index in [0.29, 0.717) is 36.4 Å². The predicted molar refractivity (Wildman–Crippen MR) is 76.3 cm³/mol. The van der Waals surface area contributed by atoms with Gasteiger partial charge in [0, 0.05) is 0 Å². The van der Waals surface area contributed by atoms with Crippen LogP contribution in [0.25, 0.3) is 0 Å². The van der Waals surface area contributed by atoms with Crippen molar-refractivity contribution in [3.8, 4) is 5.75 Å². The average molecular weight is 268 g/mol. The first-order valence-electron chi connectivity index (χ1n) is 5.65. The van der Waals surface area contributed by atoms with E-state index in [0.717, 1.165) is 5.57 Å². The topological polar surface area (TPSA) is 59.6 Å². The summed E-state index contributed by atoms with van der Waals surface area (Å²) in [6, 6.07) is 7.33. The zero-order valence-electron chi connectivity index (χ0n) is 10.4. The van der Waals surface area contributed by atoms with Gasteiger partial charge in [0.15, 0.2) is 5.96 Å².